The first kappa shape index (κ1) is 23.7. The number of nitrogens with one attached hydrogen (secondary N) is 1. The molecule has 0 radical (unpaired) electrons. The molecule has 2 aliphatic heterocycles. The molecule has 1 atom stereocenters. The molecular formula is C28H33N3O4. The number of cyclic esters (lactones) is 1. The van der Waals surface area contributed by atoms with Gasteiger partial charge in [0.2, 0.25) is 0 Å². The van der Waals surface area contributed by atoms with Gasteiger partial charge in [-0.2, -0.15) is 0 Å². The van der Waals surface area contributed by atoms with Crippen LogP contribution in [0.25, 0.3) is 22.3 Å². The van der Waals surface area contributed by atoms with Gasteiger partial charge >= 0.3 is 5.97 Å². The molecular weight excluding hydrogens is 442 g/mol. The molecule has 1 N–H and O–H groups in total. The highest BCUT2D eigenvalue weighted by Crippen LogP contribution is 2.42. The quantitative estimate of drug-likeness (QED) is 0.406. The summed E-state index contributed by atoms with van der Waals surface area (Å²) in [5, 5.41) is 4.63. The van der Waals surface area contributed by atoms with Crippen molar-refractivity contribution in [3.8, 4) is 11.4 Å². The molecule has 2 aliphatic rings. The van der Waals surface area contributed by atoms with E-state index in [2.05, 4.69) is 25.2 Å². The molecule has 4 heterocycles. The third-order valence-electron chi connectivity index (χ3n) is 7.05. The summed E-state index contributed by atoms with van der Waals surface area (Å²) in [7, 11) is 0. The van der Waals surface area contributed by atoms with E-state index in [-0.39, 0.29) is 18.3 Å². The van der Waals surface area contributed by atoms with E-state index in [0.29, 0.717) is 30.1 Å². The predicted octanol–water partition coefficient (Wildman–Crippen LogP) is 4.05. The van der Waals surface area contributed by atoms with E-state index in [1.165, 1.54) is 5.56 Å². The summed E-state index contributed by atoms with van der Waals surface area (Å²) in [4.78, 5) is 31.8. The fraction of sp³-hybridized carbons (Fsp3) is 0.464. The number of rotatable bonds is 7. The summed E-state index contributed by atoms with van der Waals surface area (Å²) < 4.78 is 13.5. The van der Waals surface area contributed by atoms with Crippen LogP contribution < -0.4 is 10.9 Å². The van der Waals surface area contributed by atoms with Crippen LogP contribution in [0.15, 0.2) is 35.1 Å². The second-order valence-corrected chi connectivity index (χ2v) is 10.0. The second-order valence-electron chi connectivity index (χ2n) is 10.0. The SMILES string of the molecule is CC[C@@]1(OC(C)C)C(=O)OCc2c1cc1n(c2=O)Cc2c-1nc1ccccc1c2CCNC(C)C. The molecule has 0 aliphatic carbocycles. The summed E-state index contributed by atoms with van der Waals surface area (Å²) in [5.74, 6) is -0.435. The lowest BCUT2D eigenvalue weighted by Gasteiger charge is -2.37. The summed E-state index contributed by atoms with van der Waals surface area (Å²) in [5.41, 5.74) is 4.44. The lowest BCUT2D eigenvalue weighted by atomic mass is 9.85. The fourth-order valence-corrected chi connectivity index (χ4v) is 5.47. The van der Waals surface area contributed by atoms with Gasteiger partial charge in [-0.15, -0.1) is 0 Å². The molecule has 3 aromatic rings. The maximum Gasteiger partial charge on any atom is 0.343 e. The topological polar surface area (TPSA) is 82.5 Å². The highest BCUT2D eigenvalue weighted by Gasteiger charge is 2.48. The van der Waals surface area contributed by atoms with Gasteiger partial charge < -0.3 is 19.4 Å². The number of esters is 1. The average molecular weight is 476 g/mol. The Hall–Kier alpha value is -3.03. The van der Waals surface area contributed by atoms with E-state index in [9.17, 15) is 9.59 Å². The molecule has 35 heavy (non-hydrogen) atoms. The van der Waals surface area contributed by atoms with Crippen LogP contribution in [0.3, 0.4) is 0 Å². The Balaban J connectivity index is 1.72. The van der Waals surface area contributed by atoms with Crippen molar-refractivity contribution in [2.45, 2.75) is 78.4 Å². The lowest BCUT2D eigenvalue weighted by molar-refractivity contribution is -0.187. The van der Waals surface area contributed by atoms with Crippen LogP contribution in [-0.2, 0) is 39.4 Å². The zero-order chi connectivity index (χ0) is 24.9. The largest absolute Gasteiger partial charge is 0.458 e. The van der Waals surface area contributed by atoms with Gasteiger partial charge in [-0.25, -0.2) is 9.78 Å². The molecule has 2 aromatic heterocycles. The van der Waals surface area contributed by atoms with E-state index in [1.807, 2.05) is 45.0 Å². The molecule has 0 fully saturated rings. The van der Waals surface area contributed by atoms with Gasteiger partial charge in [-0.3, -0.25) is 4.79 Å². The van der Waals surface area contributed by atoms with Gasteiger partial charge in [-0.05, 0) is 50.9 Å². The first-order chi connectivity index (χ1) is 16.8. The number of aromatic nitrogens is 2. The van der Waals surface area contributed by atoms with Gasteiger partial charge in [0, 0.05) is 22.6 Å². The fourth-order valence-electron chi connectivity index (χ4n) is 5.47. The predicted molar refractivity (Wildman–Crippen MR) is 135 cm³/mol. The summed E-state index contributed by atoms with van der Waals surface area (Å²) in [6.07, 6.45) is 1.01. The molecule has 0 unspecified atom stereocenters. The molecule has 0 saturated carbocycles. The highest BCUT2D eigenvalue weighted by atomic mass is 16.6. The number of benzene rings is 1. The first-order valence-corrected chi connectivity index (χ1v) is 12.5. The third-order valence-corrected chi connectivity index (χ3v) is 7.05. The van der Waals surface area contributed by atoms with E-state index in [0.717, 1.165) is 40.8 Å². The highest BCUT2D eigenvalue weighted by molar-refractivity contribution is 5.89. The van der Waals surface area contributed by atoms with E-state index >= 15 is 0 Å². The minimum atomic E-state index is -1.29. The van der Waals surface area contributed by atoms with E-state index in [4.69, 9.17) is 14.5 Å². The van der Waals surface area contributed by atoms with Crippen molar-refractivity contribution in [3.05, 3.63) is 62.9 Å². The van der Waals surface area contributed by atoms with Gasteiger partial charge in [0.1, 0.15) is 6.61 Å². The average Bonchev–Trinajstić information content (AvgIpc) is 3.19. The van der Waals surface area contributed by atoms with E-state index < -0.39 is 11.6 Å². The number of pyridine rings is 2. The number of carbonyl (C=O) groups is 1. The van der Waals surface area contributed by atoms with E-state index in [1.54, 1.807) is 4.57 Å². The van der Waals surface area contributed by atoms with Crippen LogP contribution in [0.4, 0.5) is 0 Å². The Morgan fingerprint density at radius 3 is 2.66 bits per heavy atom. The number of hydrogen-bond acceptors (Lipinski definition) is 6. The maximum absolute atomic E-state index is 13.8. The van der Waals surface area contributed by atoms with Gasteiger partial charge in [-0.1, -0.05) is 39.0 Å². The van der Waals surface area contributed by atoms with Gasteiger partial charge in [0.05, 0.1) is 35.1 Å². The van der Waals surface area contributed by atoms with Crippen LogP contribution in [0.2, 0.25) is 0 Å². The number of carbonyl (C=O) groups excluding carboxylic acids is 1. The van der Waals surface area contributed by atoms with Crippen molar-refractivity contribution in [2.75, 3.05) is 6.54 Å². The molecule has 0 amide bonds. The zero-order valence-corrected chi connectivity index (χ0v) is 21.1. The van der Waals surface area contributed by atoms with Crippen molar-refractivity contribution in [2.24, 2.45) is 0 Å². The Kier molecular flexibility index (Phi) is 6.01. The summed E-state index contributed by atoms with van der Waals surface area (Å²) in [6, 6.07) is 10.5. The minimum absolute atomic E-state index is 0.0343. The Morgan fingerprint density at radius 2 is 1.94 bits per heavy atom. The summed E-state index contributed by atoms with van der Waals surface area (Å²) >= 11 is 0. The van der Waals surface area contributed by atoms with Crippen LogP contribution in [0.5, 0.6) is 0 Å². The Morgan fingerprint density at radius 1 is 1.17 bits per heavy atom. The minimum Gasteiger partial charge on any atom is -0.458 e. The van der Waals surface area contributed by atoms with Crippen molar-refractivity contribution in [1.29, 1.82) is 0 Å². The zero-order valence-electron chi connectivity index (χ0n) is 21.1. The molecule has 7 heteroatoms. The number of ether oxygens (including phenoxy) is 2. The van der Waals surface area contributed by atoms with Crippen LogP contribution in [-0.4, -0.2) is 34.2 Å². The standard InChI is InChI=1S/C28H33N3O4/c1-6-28(35-17(4)5)22-13-24-25-20(14-31(24)26(32)21(22)15-34-27(28)33)18(11-12-29-16(2)3)19-9-7-8-10-23(19)30-25/h7-10,13,16-17,29H,6,11-12,14-15H2,1-5H3/t28-/m0/s1. The Labute approximate surface area is 205 Å². The van der Waals surface area contributed by atoms with Crippen molar-refractivity contribution < 1.29 is 14.3 Å². The molecule has 5 rings (SSSR count). The number of hydrogen-bond donors (Lipinski definition) is 1. The molecule has 1 aromatic carbocycles. The van der Waals surface area contributed by atoms with Crippen molar-refractivity contribution in [1.82, 2.24) is 14.9 Å². The number of nitrogens with zero attached hydrogens (tertiary/aromatic N) is 2. The maximum atomic E-state index is 13.8. The smallest absolute Gasteiger partial charge is 0.343 e. The summed E-state index contributed by atoms with van der Waals surface area (Å²) in [6.45, 7) is 11.2. The molecule has 184 valence electrons. The first-order valence-electron chi connectivity index (χ1n) is 12.5. The van der Waals surface area contributed by atoms with Crippen LogP contribution in [0, 0.1) is 0 Å². The van der Waals surface area contributed by atoms with Crippen LogP contribution >= 0.6 is 0 Å². The lowest BCUT2D eigenvalue weighted by Crippen LogP contribution is -2.47. The van der Waals surface area contributed by atoms with Crippen molar-refractivity contribution in [3.63, 3.8) is 0 Å². The van der Waals surface area contributed by atoms with Crippen LogP contribution in [0.1, 0.15) is 63.3 Å². The van der Waals surface area contributed by atoms with Gasteiger partial charge in [0.15, 0.2) is 5.60 Å². The molecule has 0 saturated heterocycles. The molecule has 0 spiro atoms. The Bertz CT molecular complexity index is 1370. The van der Waals surface area contributed by atoms with Crippen molar-refractivity contribution >= 4 is 16.9 Å². The molecule has 0 bridgehead atoms. The second kappa shape index (κ2) is 8.88. The van der Waals surface area contributed by atoms with Gasteiger partial charge in [0.25, 0.3) is 5.56 Å². The molecule has 7 nitrogen and oxygen atoms in total. The monoisotopic (exact) mass is 475 g/mol. The number of fused-ring (bicyclic) bond motifs is 5. The number of para-hydroxylation sites is 1. The third kappa shape index (κ3) is 3.78. The normalized spacial score (nSPS) is 18.7.